The van der Waals surface area contributed by atoms with Gasteiger partial charge in [-0.15, -0.1) is 0 Å². The van der Waals surface area contributed by atoms with Crippen molar-refractivity contribution in [1.29, 1.82) is 0 Å². The summed E-state index contributed by atoms with van der Waals surface area (Å²) in [5, 5.41) is 0. The van der Waals surface area contributed by atoms with E-state index in [4.69, 9.17) is 4.74 Å². The van der Waals surface area contributed by atoms with E-state index in [1.165, 1.54) is 0 Å². The van der Waals surface area contributed by atoms with Crippen LogP contribution in [-0.4, -0.2) is 5.91 Å². The van der Waals surface area contributed by atoms with E-state index in [9.17, 15) is 4.79 Å². The summed E-state index contributed by atoms with van der Waals surface area (Å²) in [6.45, 7) is 4.30. The number of anilines is 1. The highest BCUT2D eigenvalue weighted by Crippen LogP contribution is 2.52. The maximum atomic E-state index is 12.8. The van der Waals surface area contributed by atoms with E-state index in [2.05, 4.69) is 19.9 Å². The number of carbonyl (C=O) groups excluding carboxylic acids is 1. The number of ether oxygens (including phenoxy) is 1. The number of amides is 1. The van der Waals surface area contributed by atoms with Gasteiger partial charge >= 0.3 is 0 Å². The molecular formula is C19H19NO2. The zero-order chi connectivity index (χ0) is 15.3. The fourth-order valence-corrected chi connectivity index (χ4v) is 3.78. The molecule has 2 heterocycles. The van der Waals surface area contributed by atoms with Crippen LogP contribution in [0.25, 0.3) is 0 Å². The van der Waals surface area contributed by atoms with Crippen molar-refractivity contribution >= 4 is 11.6 Å². The van der Waals surface area contributed by atoms with E-state index in [1.807, 2.05) is 47.4 Å². The van der Waals surface area contributed by atoms with Crippen LogP contribution >= 0.6 is 0 Å². The highest BCUT2D eigenvalue weighted by atomic mass is 16.5. The number of fused-ring (bicyclic) bond motifs is 5. The van der Waals surface area contributed by atoms with Crippen LogP contribution in [-0.2, 0) is 10.3 Å². The molecule has 1 atom stereocenters. The molecule has 2 aromatic rings. The predicted molar refractivity (Wildman–Crippen MR) is 85.8 cm³/mol. The summed E-state index contributed by atoms with van der Waals surface area (Å²) in [5.41, 5.74) is 3.52. The van der Waals surface area contributed by atoms with Crippen molar-refractivity contribution in [3.05, 3.63) is 65.2 Å². The van der Waals surface area contributed by atoms with Crippen LogP contribution in [0.5, 0.6) is 0 Å². The lowest BCUT2D eigenvalue weighted by Crippen LogP contribution is -2.43. The molecule has 1 unspecified atom stereocenters. The Bertz CT molecular complexity index is 749. The second-order valence-corrected chi connectivity index (χ2v) is 5.95. The second kappa shape index (κ2) is 4.68. The molecule has 3 heteroatoms. The fourth-order valence-electron chi connectivity index (χ4n) is 3.78. The predicted octanol–water partition coefficient (Wildman–Crippen LogP) is 4.39. The van der Waals surface area contributed by atoms with Gasteiger partial charge in [0.15, 0.2) is 6.23 Å². The molecule has 1 amide bonds. The third-order valence-electron chi connectivity index (χ3n) is 5.04. The van der Waals surface area contributed by atoms with E-state index >= 15 is 0 Å². The van der Waals surface area contributed by atoms with Gasteiger partial charge in [0.1, 0.15) is 0 Å². The molecule has 0 bridgehead atoms. The topological polar surface area (TPSA) is 29.5 Å². The summed E-state index contributed by atoms with van der Waals surface area (Å²) >= 11 is 0. The zero-order valence-corrected chi connectivity index (χ0v) is 12.9. The molecule has 0 saturated heterocycles. The maximum absolute atomic E-state index is 12.8. The normalized spacial score (nSPS) is 21.3. The Morgan fingerprint density at radius 1 is 1.05 bits per heavy atom. The molecule has 3 nitrogen and oxygen atoms in total. The van der Waals surface area contributed by atoms with Crippen molar-refractivity contribution in [1.82, 2.24) is 0 Å². The van der Waals surface area contributed by atoms with Crippen molar-refractivity contribution in [2.45, 2.75) is 38.5 Å². The average molecular weight is 293 g/mol. The smallest absolute Gasteiger partial charge is 0.261 e. The maximum Gasteiger partial charge on any atom is 0.261 e. The van der Waals surface area contributed by atoms with Crippen LogP contribution in [0.4, 0.5) is 5.69 Å². The van der Waals surface area contributed by atoms with Crippen LogP contribution < -0.4 is 4.90 Å². The van der Waals surface area contributed by atoms with E-state index in [0.29, 0.717) is 0 Å². The Labute approximate surface area is 130 Å². The van der Waals surface area contributed by atoms with Gasteiger partial charge in [0.05, 0.1) is 11.3 Å². The minimum Gasteiger partial charge on any atom is -0.342 e. The van der Waals surface area contributed by atoms with Crippen LogP contribution in [0.15, 0.2) is 48.5 Å². The lowest BCUT2D eigenvalue weighted by Gasteiger charge is -2.45. The monoisotopic (exact) mass is 293 g/mol. The summed E-state index contributed by atoms with van der Waals surface area (Å²) in [5.74, 6) is 0.0360. The van der Waals surface area contributed by atoms with Gasteiger partial charge < -0.3 is 4.74 Å². The Hall–Kier alpha value is -2.13. The average Bonchev–Trinajstić information content (AvgIpc) is 2.87. The first-order valence-corrected chi connectivity index (χ1v) is 7.91. The van der Waals surface area contributed by atoms with Crippen molar-refractivity contribution in [3.63, 3.8) is 0 Å². The summed E-state index contributed by atoms with van der Waals surface area (Å²) in [6, 6.07) is 15.9. The molecule has 0 fully saturated rings. The number of hydrogen-bond donors (Lipinski definition) is 0. The first-order valence-electron chi connectivity index (χ1n) is 7.91. The lowest BCUT2D eigenvalue weighted by molar-refractivity contribution is -0.111. The van der Waals surface area contributed by atoms with Crippen LogP contribution in [0.1, 0.15) is 54.4 Å². The van der Waals surface area contributed by atoms with Gasteiger partial charge in [-0.2, -0.15) is 0 Å². The highest BCUT2D eigenvalue weighted by molar-refractivity contribution is 6.11. The first-order chi connectivity index (χ1) is 10.7. The highest BCUT2D eigenvalue weighted by Gasteiger charge is 2.49. The molecule has 0 radical (unpaired) electrons. The minimum absolute atomic E-state index is 0.0360. The van der Waals surface area contributed by atoms with Gasteiger partial charge in [-0.25, -0.2) is 0 Å². The van der Waals surface area contributed by atoms with E-state index in [0.717, 1.165) is 35.2 Å². The number of benzene rings is 2. The van der Waals surface area contributed by atoms with E-state index in [1.54, 1.807) is 0 Å². The van der Waals surface area contributed by atoms with Gasteiger partial charge in [-0.1, -0.05) is 50.2 Å². The Morgan fingerprint density at radius 2 is 1.73 bits per heavy atom. The molecule has 2 aliphatic rings. The van der Waals surface area contributed by atoms with E-state index in [-0.39, 0.29) is 17.7 Å². The Morgan fingerprint density at radius 3 is 2.50 bits per heavy atom. The Balaban J connectivity index is 1.97. The molecule has 0 N–H and O–H groups in total. The van der Waals surface area contributed by atoms with Crippen LogP contribution in [0.3, 0.4) is 0 Å². The summed E-state index contributed by atoms with van der Waals surface area (Å²) in [6.07, 6.45) is 1.47. The van der Waals surface area contributed by atoms with Crippen LogP contribution in [0.2, 0.25) is 0 Å². The SMILES string of the molecule is CCC1(CC)OC2c3ccccc3C(=O)N2c2ccccc21. The van der Waals surface area contributed by atoms with Crippen molar-refractivity contribution < 1.29 is 9.53 Å². The molecule has 2 aliphatic heterocycles. The number of rotatable bonds is 2. The van der Waals surface area contributed by atoms with Gasteiger partial charge in [-0.05, 0) is 25.0 Å². The van der Waals surface area contributed by atoms with Gasteiger partial charge in [0, 0.05) is 16.7 Å². The molecule has 2 aromatic carbocycles. The van der Waals surface area contributed by atoms with Crippen molar-refractivity contribution in [2.75, 3.05) is 4.90 Å². The van der Waals surface area contributed by atoms with Crippen molar-refractivity contribution in [3.8, 4) is 0 Å². The lowest BCUT2D eigenvalue weighted by atomic mass is 9.85. The van der Waals surface area contributed by atoms with Crippen molar-refractivity contribution in [2.24, 2.45) is 0 Å². The molecule has 22 heavy (non-hydrogen) atoms. The number of para-hydroxylation sites is 1. The summed E-state index contributed by atoms with van der Waals surface area (Å²) < 4.78 is 6.52. The number of nitrogens with zero attached hydrogens (tertiary/aromatic N) is 1. The Kier molecular flexibility index (Phi) is 2.88. The van der Waals surface area contributed by atoms with Gasteiger partial charge in [-0.3, -0.25) is 9.69 Å². The molecule has 0 spiro atoms. The van der Waals surface area contributed by atoms with Crippen LogP contribution in [0, 0.1) is 0 Å². The standard InChI is InChI=1S/C19H19NO2/c1-3-19(4-2)15-11-7-8-12-16(15)20-17(21)13-9-5-6-10-14(13)18(20)22-19/h5-12,18H,3-4H2,1-2H3. The quantitative estimate of drug-likeness (QED) is 0.821. The van der Waals surface area contributed by atoms with Gasteiger partial charge in [0.2, 0.25) is 0 Å². The third kappa shape index (κ3) is 1.57. The number of hydrogen-bond acceptors (Lipinski definition) is 2. The third-order valence-corrected chi connectivity index (χ3v) is 5.04. The summed E-state index contributed by atoms with van der Waals surface area (Å²) in [7, 11) is 0. The molecule has 112 valence electrons. The first kappa shape index (κ1) is 13.5. The van der Waals surface area contributed by atoms with E-state index < -0.39 is 0 Å². The summed E-state index contributed by atoms with van der Waals surface area (Å²) in [4.78, 5) is 14.6. The second-order valence-electron chi connectivity index (χ2n) is 5.95. The number of carbonyl (C=O) groups is 1. The zero-order valence-electron chi connectivity index (χ0n) is 12.9. The minimum atomic E-state index is -0.324. The fraction of sp³-hybridized carbons (Fsp3) is 0.316. The molecular weight excluding hydrogens is 274 g/mol. The largest absolute Gasteiger partial charge is 0.342 e. The molecule has 0 aliphatic carbocycles. The van der Waals surface area contributed by atoms with Gasteiger partial charge in [0.25, 0.3) is 5.91 Å². The molecule has 0 aromatic heterocycles. The molecule has 0 saturated carbocycles. The molecule has 4 rings (SSSR count).